The number of esters is 2. The molecule has 59 heavy (non-hydrogen) atoms. The largest absolute Gasteiger partial charge is 0.461 e. The van der Waals surface area contributed by atoms with E-state index in [0.29, 0.717) is 45.4 Å². The summed E-state index contributed by atoms with van der Waals surface area (Å²) in [5, 5.41) is 0. The fourth-order valence-electron chi connectivity index (χ4n) is 12.3. The van der Waals surface area contributed by atoms with E-state index in [1.54, 1.807) is 18.5 Å². The molecular formula is C50H59N3O4S2. The summed E-state index contributed by atoms with van der Waals surface area (Å²) in [5.74, 6) is 2.85. The van der Waals surface area contributed by atoms with Gasteiger partial charge in [-0.25, -0.2) is 4.79 Å². The summed E-state index contributed by atoms with van der Waals surface area (Å²) in [6.07, 6.45) is 13.8. The van der Waals surface area contributed by atoms with Crippen molar-refractivity contribution in [3.8, 4) is 11.4 Å². The van der Waals surface area contributed by atoms with E-state index in [2.05, 4.69) is 37.7 Å². The smallest absolute Gasteiger partial charge is 0.339 e. The molecule has 10 atom stereocenters. The molecule has 4 aliphatic rings. The number of anilines is 2. The number of nitrogens with zero attached hydrogens (tertiary/aromatic N) is 3. The monoisotopic (exact) mass is 829 g/mol. The summed E-state index contributed by atoms with van der Waals surface area (Å²) in [7, 11) is 0. The SMILES string of the molecule is CCC[C@@H](C)[C@H]1CC[C@H]2[C@@H]3CC[C@@H]4C[C@H](OC(=O)c5ccc(-c6ccccn6)nc5)CC[C@]4(C)[C@H]3C[C@H](OC(=O)CSC(=S)N(c3ccccc3)c3ccccc3)[C@]12C. The molecule has 4 fully saturated rings. The molecule has 4 aromatic rings. The first kappa shape index (κ1) is 41.6. The Labute approximate surface area is 360 Å². The number of hydrogen-bond acceptors (Lipinski definition) is 8. The highest BCUT2D eigenvalue weighted by Gasteiger charge is 2.65. The van der Waals surface area contributed by atoms with Gasteiger partial charge in [-0.3, -0.25) is 19.7 Å². The second-order valence-corrected chi connectivity index (χ2v) is 19.8. The number of aromatic nitrogens is 2. The maximum Gasteiger partial charge on any atom is 0.339 e. The zero-order chi connectivity index (χ0) is 41.1. The van der Waals surface area contributed by atoms with Gasteiger partial charge in [0.1, 0.15) is 16.5 Å². The number of para-hydroxylation sites is 2. The molecule has 0 N–H and O–H groups in total. The maximum absolute atomic E-state index is 14.1. The molecule has 9 heteroatoms. The first-order valence-corrected chi connectivity index (χ1v) is 23.3. The number of pyridine rings is 2. The number of benzene rings is 2. The van der Waals surface area contributed by atoms with E-state index in [-0.39, 0.29) is 40.7 Å². The molecule has 0 bridgehead atoms. The Bertz CT molecular complexity index is 2030. The third kappa shape index (κ3) is 8.35. The van der Waals surface area contributed by atoms with Crippen molar-refractivity contribution in [2.45, 2.75) is 104 Å². The molecule has 4 saturated carbocycles. The van der Waals surface area contributed by atoms with Gasteiger partial charge in [0.2, 0.25) is 0 Å². The molecule has 0 saturated heterocycles. The predicted molar refractivity (Wildman–Crippen MR) is 241 cm³/mol. The minimum atomic E-state index is -0.307. The van der Waals surface area contributed by atoms with Crippen LogP contribution < -0.4 is 4.90 Å². The third-order valence-corrected chi connectivity index (χ3v) is 16.5. The topological polar surface area (TPSA) is 81.6 Å². The van der Waals surface area contributed by atoms with Crippen molar-refractivity contribution >= 4 is 51.6 Å². The molecule has 4 aliphatic carbocycles. The van der Waals surface area contributed by atoms with E-state index in [1.807, 2.05) is 89.8 Å². The van der Waals surface area contributed by atoms with Crippen molar-refractivity contribution in [1.29, 1.82) is 0 Å². The second-order valence-electron chi connectivity index (χ2n) is 18.2. The summed E-state index contributed by atoms with van der Waals surface area (Å²) >= 11 is 7.41. The summed E-state index contributed by atoms with van der Waals surface area (Å²) in [4.78, 5) is 38.5. The van der Waals surface area contributed by atoms with E-state index in [0.717, 1.165) is 54.9 Å². The molecule has 2 heterocycles. The molecule has 2 aromatic heterocycles. The quantitative estimate of drug-likeness (QED) is 0.108. The van der Waals surface area contributed by atoms with Gasteiger partial charge in [-0.2, -0.15) is 0 Å². The minimum Gasteiger partial charge on any atom is -0.461 e. The predicted octanol–water partition coefficient (Wildman–Crippen LogP) is 12.1. The van der Waals surface area contributed by atoms with E-state index >= 15 is 0 Å². The lowest BCUT2D eigenvalue weighted by molar-refractivity contribution is -0.196. The molecule has 8 rings (SSSR count). The number of thioether (sulfide) groups is 1. The summed E-state index contributed by atoms with van der Waals surface area (Å²) in [6, 6.07) is 29.6. The van der Waals surface area contributed by atoms with Gasteiger partial charge in [-0.1, -0.05) is 107 Å². The molecule has 2 aromatic carbocycles. The van der Waals surface area contributed by atoms with Crippen molar-refractivity contribution in [3.63, 3.8) is 0 Å². The van der Waals surface area contributed by atoms with Gasteiger partial charge in [0, 0.05) is 29.2 Å². The highest BCUT2D eigenvalue weighted by atomic mass is 32.2. The lowest BCUT2D eigenvalue weighted by Gasteiger charge is -2.62. The molecule has 310 valence electrons. The average Bonchev–Trinajstić information content (AvgIpc) is 3.63. The highest BCUT2D eigenvalue weighted by Crippen LogP contribution is 2.69. The summed E-state index contributed by atoms with van der Waals surface area (Å²) in [5.41, 5.74) is 3.94. The van der Waals surface area contributed by atoms with Crippen LogP contribution in [0.4, 0.5) is 11.4 Å². The summed E-state index contributed by atoms with van der Waals surface area (Å²) in [6.45, 7) is 9.73. The van der Waals surface area contributed by atoms with Gasteiger partial charge in [-0.15, -0.1) is 0 Å². The van der Waals surface area contributed by atoms with Gasteiger partial charge < -0.3 is 9.47 Å². The zero-order valence-electron chi connectivity index (χ0n) is 35.0. The Balaban J connectivity index is 0.968. The van der Waals surface area contributed by atoms with Gasteiger partial charge in [0.25, 0.3) is 0 Å². The molecule has 7 nitrogen and oxygen atoms in total. The Hall–Kier alpha value is -4.08. The number of fused-ring (bicyclic) bond motifs is 5. The first-order valence-electron chi connectivity index (χ1n) is 21.9. The number of hydrogen-bond donors (Lipinski definition) is 0. The molecular weight excluding hydrogens is 771 g/mol. The number of thiocarbonyl (C=S) groups is 1. The maximum atomic E-state index is 14.1. The van der Waals surface area contributed by atoms with Crippen LogP contribution in [0.1, 0.15) is 102 Å². The molecule has 0 aliphatic heterocycles. The van der Waals surface area contributed by atoms with Crippen molar-refractivity contribution < 1.29 is 19.1 Å². The van der Waals surface area contributed by atoms with Crippen LogP contribution >= 0.6 is 24.0 Å². The van der Waals surface area contributed by atoms with E-state index < -0.39 is 0 Å². The van der Waals surface area contributed by atoms with Crippen LogP contribution in [0.25, 0.3) is 11.4 Å². The Morgan fingerprint density at radius 3 is 2.20 bits per heavy atom. The summed E-state index contributed by atoms with van der Waals surface area (Å²) < 4.78 is 13.7. The van der Waals surface area contributed by atoms with Crippen LogP contribution in [-0.4, -0.2) is 44.2 Å². The van der Waals surface area contributed by atoms with Gasteiger partial charge in [0.05, 0.1) is 22.7 Å². The van der Waals surface area contributed by atoms with E-state index in [9.17, 15) is 9.59 Å². The Kier molecular flexibility index (Phi) is 12.6. The minimum absolute atomic E-state index is 0.0627. The average molecular weight is 830 g/mol. The highest BCUT2D eigenvalue weighted by molar-refractivity contribution is 8.23. The van der Waals surface area contributed by atoms with Crippen LogP contribution in [-0.2, 0) is 14.3 Å². The third-order valence-electron chi connectivity index (χ3n) is 15.2. The van der Waals surface area contributed by atoms with E-state index in [1.165, 1.54) is 43.9 Å². The second kappa shape index (κ2) is 17.9. The molecule has 0 radical (unpaired) electrons. The number of carbonyl (C=O) groups is 2. The van der Waals surface area contributed by atoms with Crippen LogP contribution in [0, 0.1) is 46.3 Å². The Morgan fingerprint density at radius 2 is 1.54 bits per heavy atom. The fraction of sp³-hybridized carbons (Fsp3) is 0.500. The van der Waals surface area contributed by atoms with Gasteiger partial charge in [-0.05, 0) is 141 Å². The molecule has 0 unspecified atom stereocenters. The molecule has 0 amide bonds. The normalized spacial score (nSPS) is 30.2. The molecule has 0 spiro atoms. The van der Waals surface area contributed by atoms with Crippen molar-refractivity contribution in [2.75, 3.05) is 10.7 Å². The lowest BCUT2D eigenvalue weighted by atomic mass is 9.43. The van der Waals surface area contributed by atoms with Crippen molar-refractivity contribution in [2.24, 2.45) is 46.3 Å². The first-order chi connectivity index (χ1) is 28.6. The standard InChI is InChI=1S/C50H59N3O4S2/c1-5-14-33(2)40-23-24-41-39-22-21-35-29-38(56-47(55)34-20-25-44(52-31-34)43-19-12-13-28-51-43)26-27-49(35,3)42(39)30-45(50(40,41)4)57-46(54)32-59-48(58)53(36-15-8-6-9-16-36)37-17-10-7-11-18-37/h6-13,15-20,25,28,31,33,35,38-42,45H,5,14,21-24,26-27,29-30,32H2,1-4H3/t33-,35-,38-,39+,40-,41+,42+,45+,49+,50-/m1/s1. The lowest BCUT2D eigenvalue weighted by Crippen LogP contribution is -2.59. The number of carbonyl (C=O) groups excluding carboxylic acids is 2. The van der Waals surface area contributed by atoms with Gasteiger partial charge >= 0.3 is 11.9 Å². The van der Waals surface area contributed by atoms with Crippen LogP contribution in [0.3, 0.4) is 0 Å². The van der Waals surface area contributed by atoms with Crippen LogP contribution in [0.15, 0.2) is 103 Å². The van der Waals surface area contributed by atoms with Gasteiger partial charge in [0.15, 0.2) is 0 Å². The number of ether oxygens (including phenoxy) is 2. The Morgan fingerprint density at radius 1 is 0.831 bits per heavy atom. The number of rotatable bonds is 11. The van der Waals surface area contributed by atoms with E-state index in [4.69, 9.17) is 21.7 Å². The van der Waals surface area contributed by atoms with Crippen LogP contribution in [0.2, 0.25) is 0 Å². The van der Waals surface area contributed by atoms with Crippen molar-refractivity contribution in [3.05, 3.63) is 109 Å². The zero-order valence-corrected chi connectivity index (χ0v) is 36.6. The van der Waals surface area contributed by atoms with Crippen LogP contribution in [0.5, 0.6) is 0 Å². The van der Waals surface area contributed by atoms with Crippen molar-refractivity contribution in [1.82, 2.24) is 9.97 Å². The fourth-order valence-corrected chi connectivity index (χ4v) is 13.4.